The lowest BCUT2D eigenvalue weighted by Crippen LogP contribution is -2.19. The average molecular weight is 243 g/mol. The van der Waals surface area contributed by atoms with Crippen molar-refractivity contribution < 1.29 is 0 Å². The topological polar surface area (TPSA) is 43.6 Å². The molecule has 0 aliphatic heterocycles. The van der Waals surface area contributed by atoms with Crippen LogP contribution in [0.15, 0.2) is 6.33 Å². The molecule has 1 heterocycles. The largest absolute Gasteiger partial charge is 0.229 e. The van der Waals surface area contributed by atoms with E-state index >= 15 is 0 Å². The molecule has 16 heavy (non-hydrogen) atoms. The summed E-state index contributed by atoms with van der Waals surface area (Å²) in [6.45, 7) is 0. The molecule has 5 heteroatoms. The zero-order valence-corrected chi connectivity index (χ0v) is 10.3. The molecular formula is C11H19ClN4. The molecule has 1 aromatic heterocycles. The fourth-order valence-corrected chi connectivity index (χ4v) is 2.82. The minimum Gasteiger partial charge on any atom is -0.229 e. The molecule has 1 saturated carbocycles. The molecule has 4 nitrogen and oxygen atoms in total. The van der Waals surface area contributed by atoms with Gasteiger partial charge in [-0.1, -0.05) is 25.7 Å². The normalized spacial score (nSPS) is 25.8. The molecular weight excluding hydrogens is 224 g/mol. The fraction of sp³-hybridized carbons (Fsp3) is 0.909. The van der Waals surface area contributed by atoms with Crippen LogP contribution >= 0.6 is 11.6 Å². The van der Waals surface area contributed by atoms with Crippen molar-refractivity contribution in [3.05, 3.63) is 6.33 Å². The molecule has 0 N–H and O–H groups in total. The van der Waals surface area contributed by atoms with Gasteiger partial charge in [-0.25, -0.2) is 4.68 Å². The van der Waals surface area contributed by atoms with Gasteiger partial charge >= 0.3 is 0 Å². The predicted octanol–water partition coefficient (Wildman–Crippen LogP) is 2.81. The van der Waals surface area contributed by atoms with Crippen LogP contribution in [0, 0.1) is 5.92 Å². The highest BCUT2D eigenvalue weighted by Crippen LogP contribution is 2.34. The average Bonchev–Trinajstić information content (AvgIpc) is 2.83. The number of rotatable bonds is 5. The lowest BCUT2D eigenvalue weighted by molar-refractivity contribution is 0.236. The Bertz CT molecular complexity index is 288. The number of tetrazole rings is 1. The van der Waals surface area contributed by atoms with Gasteiger partial charge in [0.05, 0.1) is 6.04 Å². The van der Waals surface area contributed by atoms with Gasteiger partial charge < -0.3 is 0 Å². The summed E-state index contributed by atoms with van der Waals surface area (Å²) in [4.78, 5) is 0. The molecule has 1 aromatic rings. The molecule has 0 spiro atoms. The number of aromatic nitrogens is 4. The second kappa shape index (κ2) is 6.18. The highest BCUT2D eigenvalue weighted by Gasteiger charge is 2.23. The van der Waals surface area contributed by atoms with Gasteiger partial charge in [-0.05, 0) is 35.6 Å². The first-order valence-corrected chi connectivity index (χ1v) is 6.72. The molecule has 1 aliphatic carbocycles. The van der Waals surface area contributed by atoms with Crippen LogP contribution in [0.4, 0.5) is 0 Å². The van der Waals surface area contributed by atoms with E-state index in [4.69, 9.17) is 11.6 Å². The number of nitrogens with zero attached hydrogens (tertiary/aromatic N) is 4. The molecule has 1 fully saturated rings. The van der Waals surface area contributed by atoms with E-state index in [0.29, 0.717) is 6.04 Å². The van der Waals surface area contributed by atoms with E-state index in [1.54, 1.807) is 6.33 Å². The highest BCUT2D eigenvalue weighted by molar-refractivity contribution is 6.17. The fourth-order valence-electron chi connectivity index (χ4n) is 2.63. The van der Waals surface area contributed by atoms with Gasteiger partial charge in [-0.15, -0.1) is 16.7 Å². The van der Waals surface area contributed by atoms with Crippen LogP contribution in [0.1, 0.15) is 51.0 Å². The molecule has 0 unspecified atom stereocenters. The van der Waals surface area contributed by atoms with Crippen LogP contribution in [0.2, 0.25) is 0 Å². The SMILES string of the molecule is ClCCCC[C@H]1CCC[C@H](n2cnnn2)C1. The zero-order chi connectivity index (χ0) is 11.2. The Hall–Kier alpha value is -0.640. The van der Waals surface area contributed by atoms with Gasteiger partial charge in [0.15, 0.2) is 0 Å². The summed E-state index contributed by atoms with van der Waals surface area (Å²) < 4.78 is 1.92. The van der Waals surface area contributed by atoms with Crippen LogP contribution in [0.3, 0.4) is 0 Å². The van der Waals surface area contributed by atoms with E-state index in [1.165, 1.54) is 38.5 Å². The maximum Gasteiger partial charge on any atom is 0.138 e. The van der Waals surface area contributed by atoms with Crippen LogP contribution in [0.25, 0.3) is 0 Å². The van der Waals surface area contributed by atoms with Crippen molar-refractivity contribution in [2.24, 2.45) is 5.92 Å². The summed E-state index contributed by atoms with van der Waals surface area (Å²) in [5.74, 6) is 1.63. The molecule has 90 valence electrons. The Morgan fingerprint density at radius 1 is 1.31 bits per heavy atom. The van der Waals surface area contributed by atoms with Gasteiger partial charge in [0.25, 0.3) is 0 Å². The number of alkyl halides is 1. The van der Waals surface area contributed by atoms with Gasteiger partial charge in [-0.2, -0.15) is 0 Å². The van der Waals surface area contributed by atoms with Gasteiger partial charge in [0, 0.05) is 5.88 Å². The summed E-state index contributed by atoms with van der Waals surface area (Å²) in [7, 11) is 0. The van der Waals surface area contributed by atoms with Crippen LogP contribution in [-0.2, 0) is 0 Å². The Kier molecular flexibility index (Phi) is 4.57. The van der Waals surface area contributed by atoms with Crippen molar-refractivity contribution in [1.82, 2.24) is 20.2 Å². The lowest BCUT2D eigenvalue weighted by atomic mass is 9.83. The minimum atomic E-state index is 0.518. The van der Waals surface area contributed by atoms with E-state index in [9.17, 15) is 0 Å². The highest BCUT2D eigenvalue weighted by atomic mass is 35.5. The quantitative estimate of drug-likeness (QED) is 0.589. The third-order valence-corrected chi connectivity index (χ3v) is 3.76. The maximum absolute atomic E-state index is 5.70. The van der Waals surface area contributed by atoms with Gasteiger partial charge in [-0.3, -0.25) is 0 Å². The van der Waals surface area contributed by atoms with Crippen molar-refractivity contribution in [2.45, 2.75) is 51.0 Å². The van der Waals surface area contributed by atoms with E-state index in [2.05, 4.69) is 15.5 Å². The molecule has 1 aliphatic rings. The molecule has 0 aromatic carbocycles. The third kappa shape index (κ3) is 3.17. The first kappa shape index (κ1) is 11.8. The first-order valence-electron chi connectivity index (χ1n) is 6.18. The molecule has 0 radical (unpaired) electrons. The maximum atomic E-state index is 5.70. The number of halogens is 1. The molecule has 0 bridgehead atoms. The van der Waals surface area contributed by atoms with E-state index in [1.807, 2.05) is 4.68 Å². The standard InChI is InChI=1S/C11H19ClN4/c12-7-2-1-4-10-5-3-6-11(8-10)16-9-13-14-15-16/h9-11H,1-8H2/t10-,11-/m0/s1. The van der Waals surface area contributed by atoms with Gasteiger partial charge in [0.2, 0.25) is 0 Å². The number of hydrogen-bond donors (Lipinski definition) is 0. The monoisotopic (exact) mass is 242 g/mol. The minimum absolute atomic E-state index is 0.518. The molecule has 0 saturated heterocycles. The smallest absolute Gasteiger partial charge is 0.138 e. The van der Waals surface area contributed by atoms with Crippen molar-refractivity contribution in [1.29, 1.82) is 0 Å². The van der Waals surface area contributed by atoms with Crippen molar-refractivity contribution in [3.8, 4) is 0 Å². The summed E-state index contributed by atoms with van der Waals surface area (Å²) in [5.41, 5.74) is 0. The Morgan fingerprint density at radius 2 is 2.25 bits per heavy atom. The predicted molar refractivity (Wildman–Crippen MR) is 63.4 cm³/mol. The Labute approximate surface area is 101 Å². The lowest BCUT2D eigenvalue weighted by Gasteiger charge is -2.28. The Balaban J connectivity index is 1.80. The van der Waals surface area contributed by atoms with Crippen molar-refractivity contribution in [3.63, 3.8) is 0 Å². The number of unbranched alkanes of at least 4 members (excludes halogenated alkanes) is 1. The van der Waals surface area contributed by atoms with Gasteiger partial charge in [0.1, 0.15) is 6.33 Å². The molecule has 2 atom stereocenters. The first-order chi connectivity index (χ1) is 7.90. The summed E-state index contributed by atoms with van der Waals surface area (Å²) in [6, 6.07) is 0.518. The summed E-state index contributed by atoms with van der Waals surface area (Å²) >= 11 is 5.70. The zero-order valence-electron chi connectivity index (χ0n) is 9.56. The molecule has 2 rings (SSSR count). The third-order valence-electron chi connectivity index (χ3n) is 3.49. The van der Waals surface area contributed by atoms with E-state index < -0.39 is 0 Å². The van der Waals surface area contributed by atoms with Crippen LogP contribution in [0.5, 0.6) is 0 Å². The summed E-state index contributed by atoms with van der Waals surface area (Å²) in [5, 5.41) is 11.4. The summed E-state index contributed by atoms with van der Waals surface area (Å²) in [6.07, 6.45) is 10.6. The van der Waals surface area contributed by atoms with E-state index in [0.717, 1.165) is 18.2 Å². The van der Waals surface area contributed by atoms with Crippen molar-refractivity contribution in [2.75, 3.05) is 5.88 Å². The van der Waals surface area contributed by atoms with Crippen LogP contribution < -0.4 is 0 Å². The van der Waals surface area contributed by atoms with E-state index in [-0.39, 0.29) is 0 Å². The second-order valence-corrected chi connectivity index (χ2v) is 5.04. The van der Waals surface area contributed by atoms with Crippen molar-refractivity contribution >= 4 is 11.6 Å². The second-order valence-electron chi connectivity index (χ2n) is 4.66. The Morgan fingerprint density at radius 3 is 3.00 bits per heavy atom. The molecule has 0 amide bonds. The number of hydrogen-bond acceptors (Lipinski definition) is 3. The van der Waals surface area contributed by atoms with Crippen LogP contribution in [-0.4, -0.2) is 26.1 Å².